The maximum absolute atomic E-state index is 11.2. The second-order valence-electron chi connectivity index (χ2n) is 6.34. The van der Waals surface area contributed by atoms with E-state index in [1.54, 1.807) is 0 Å². The maximum atomic E-state index is 11.2. The first-order valence-corrected chi connectivity index (χ1v) is 14.5. The van der Waals surface area contributed by atoms with Gasteiger partial charge in [-0.2, -0.15) is 0 Å². The van der Waals surface area contributed by atoms with Crippen LogP contribution in [0.2, 0.25) is 0 Å². The van der Waals surface area contributed by atoms with Gasteiger partial charge in [-0.1, -0.05) is 0 Å². The standard InChI is InChI=1S/C9H26N2O12P4/c1-8(10(4-24(12,13)14)5-25(15,16)17)3-9(2)11(6-26(18,19)20)7-27(21,22)23/h8-9H,3-7H2,1-2H3,(H2,12,13,14)(H2,15,16,17)(H2,18,19,20)(H2,21,22,23). The molecule has 164 valence electrons. The minimum atomic E-state index is -4.68. The van der Waals surface area contributed by atoms with Gasteiger partial charge in [0.15, 0.2) is 0 Å². The highest BCUT2D eigenvalue weighted by atomic mass is 31.2. The Morgan fingerprint density at radius 1 is 0.556 bits per heavy atom. The van der Waals surface area contributed by atoms with E-state index in [2.05, 4.69) is 0 Å². The van der Waals surface area contributed by atoms with Crippen molar-refractivity contribution in [2.24, 2.45) is 0 Å². The van der Waals surface area contributed by atoms with Crippen LogP contribution in [0.4, 0.5) is 0 Å². The Labute approximate surface area is 155 Å². The molecule has 0 spiro atoms. The van der Waals surface area contributed by atoms with E-state index in [4.69, 9.17) is 39.1 Å². The zero-order valence-corrected chi connectivity index (χ0v) is 18.2. The molecule has 2 unspecified atom stereocenters. The summed E-state index contributed by atoms with van der Waals surface area (Å²) < 4.78 is 44.8. The highest BCUT2D eigenvalue weighted by molar-refractivity contribution is 7.53. The first kappa shape index (κ1) is 27.5. The van der Waals surface area contributed by atoms with E-state index in [0.717, 1.165) is 9.80 Å². The molecule has 0 aliphatic heterocycles. The van der Waals surface area contributed by atoms with Crippen LogP contribution in [0.15, 0.2) is 0 Å². The molecule has 0 rings (SSSR count). The lowest BCUT2D eigenvalue weighted by Gasteiger charge is -2.35. The van der Waals surface area contributed by atoms with Gasteiger partial charge in [-0.15, -0.1) is 0 Å². The van der Waals surface area contributed by atoms with Gasteiger partial charge < -0.3 is 39.1 Å². The second-order valence-corrected chi connectivity index (χ2v) is 12.8. The molecule has 0 saturated heterocycles. The lowest BCUT2D eigenvalue weighted by atomic mass is 10.1. The average Bonchev–Trinajstić information content (AvgIpc) is 2.29. The third kappa shape index (κ3) is 15.1. The lowest BCUT2D eigenvalue weighted by Crippen LogP contribution is -2.42. The molecule has 0 aromatic rings. The Kier molecular flexibility index (Phi) is 10.2. The SMILES string of the molecule is CC(CC(C)N(CP(=O)(O)O)CP(=O)(O)O)N(CP(=O)(O)O)CP(=O)(O)O. The second kappa shape index (κ2) is 10.0. The normalized spacial score (nSPS) is 16.7. The molecule has 27 heavy (non-hydrogen) atoms. The Hall–Kier alpha value is 0.520. The van der Waals surface area contributed by atoms with E-state index in [-0.39, 0.29) is 6.42 Å². The van der Waals surface area contributed by atoms with Crippen molar-refractivity contribution in [1.29, 1.82) is 0 Å². The first-order chi connectivity index (χ1) is 11.7. The van der Waals surface area contributed by atoms with Gasteiger partial charge in [0.05, 0.1) is 0 Å². The molecule has 0 amide bonds. The number of nitrogens with zero attached hydrogens (tertiary/aromatic N) is 2. The van der Waals surface area contributed by atoms with Gasteiger partial charge in [0, 0.05) is 12.1 Å². The molecule has 0 bridgehead atoms. The van der Waals surface area contributed by atoms with Gasteiger partial charge in [-0.05, 0) is 20.3 Å². The molecule has 0 aliphatic rings. The third-order valence-corrected chi connectivity index (χ3v) is 6.32. The average molecular weight is 478 g/mol. The summed E-state index contributed by atoms with van der Waals surface area (Å²) in [7, 11) is -18.7. The van der Waals surface area contributed by atoms with Crippen LogP contribution in [0.5, 0.6) is 0 Å². The Morgan fingerprint density at radius 2 is 0.741 bits per heavy atom. The molecule has 18 heteroatoms. The van der Waals surface area contributed by atoms with Crippen LogP contribution in [-0.2, 0) is 18.3 Å². The summed E-state index contributed by atoms with van der Waals surface area (Å²) in [6.45, 7) is 2.74. The number of hydrogen-bond donors (Lipinski definition) is 8. The third-order valence-electron chi connectivity index (χ3n) is 3.39. The summed E-state index contributed by atoms with van der Waals surface area (Å²) in [5, 5.41) is 0. The van der Waals surface area contributed by atoms with Crippen molar-refractivity contribution >= 4 is 30.4 Å². The minimum Gasteiger partial charge on any atom is -0.324 e. The van der Waals surface area contributed by atoms with Gasteiger partial charge >= 0.3 is 30.4 Å². The van der Waals surface area contributed by atoms with Gasteiger partial charge in [-0.3, -0.25) is 28.1 Å². The first-order valence-electron chi connectivity index (χ1n) is 7.35. The lowest BCUT2D eigenvalue weighted by molar-refractivity contribution is 0.165. The van der Waals surface area contributed by atoms with Crippen molar-refractivity contribution in [3.05, 3.63) is 0 Å². The van der Waals surface area contributed by atoms with Crippen molar-refractivity contribution in [1.82, 2.24) is 9.80 Å². The molecule has 0 heterocycles. The van der Waals surface area contributed by atoms with Gasteiger partial charge in [0.2, 0.25) is 0 Å². The molecule has 0 radical (unpaired) electrons. The molecule has 0 aliphatic carbocycles. The van der Waals surface area contributed by atoms with E-state index in [1.807, 2.05) is 0 Å². The molecule has 0 saturated carbocycles. The summed E-state index contributed by atoms with van der Waals surface area (Å²) >= 11 is 0. The number of hydrogen-bond acceptors (Lipinski definition) is 6. The topological polar surface area (TPSA) is 237 Å². The molecular weight excluding hydrogens is 452 g/mol. The van der Waals surface area contributed by atoms with Gasteiger partial charge in [0.1, 0.15) is 25.1 Å². The van der Waals surface area contributed by atoms with Crippen molar-refractivity contribution in [3.8, 4) is 0 Å². The van der Waals surface area contributed by atoms with E-state index in [0.29, 0.717) is 0 Å². The van der Waals surface area contributed by atoms with Crippen LogP contribution in [0.3, 0.4) is 0 Å². The summed E-state index contributed by atoms with van der Waals surface area (Å²) in [5.74, 6) is 0. The summed E-state index contributed by atoms with van der Waals surface area (Å²) in [5.41, 5.74) is 0. The Bertz CT molecular complexity index is 560. The Morgan fingerprint density at radius 3 is 0.889 bits per heavy atom. The summed E-state index contributed by atoms with van der Waals surface area (Å²) in [6, 6.07) is -1.78. The van der Waals surface area contributed by atoms with Crippen molar-refractivity contribution in [2.75, 3.05) is 25.1 Å². The van der Waals surface area contributed by atoms with Gasteiger partial charge in [-0.25, -0.2) is 0 Å². The zero-order chi connectivity index (χ0) is 21.8. The number of rotatable bonds is 12. The zero-order valence-electron chi connectivity index (χ0n) is 14.6. The highest BCUT2D eigenvalue weighted by Gasteiger charge is 2.33. The quantitative estimate of drug-likeness (QED) is 0.162. The van der Waals surface area contributed by atoms with E-state index < -0.39 is 67.6 Å². The maximum Gasteiger partial charge on any atom is 0.339 e. The minimum absolute atomic E-state index is 0.139. The fourth-order valence-electron chi connectivity index (χ4n) is 2.39. The van der Waals surface area contributed by atoms with E-state index in [1.165, 1.54) is 13.8 Å². The summed E-state index contributed by atoms with van der Waals surface area (Å²) in [4.78, 5) is 74.3. The molecule has 0 fully saturated rings. The molecule has 0 aromatic carbocycles. The molecule has 2 atom stereocenters. The van der Waals surface area contributed by atoms with Crippen LogP contribution < -0.4 is 0 Å². The van der Waals surface area contributed by atoms with Crippen LogP contribution in [0, 0.1) is 0 Å². The van der Waals surface area contributed by atoms with Gasteiger partial charge in [0.25, 0.3) is 0 Å². The largest absolute Gasteiger partial charge is 0.339 e. The van der Waals surface area contributed by atoms with Crippen LogP contribution >= 0.6 is 30.4 Å². The molecule has 14 nitrogen and oxygen atoms in total. The monoisotopic (exact) mass is 478 g/mol. The predicted molar refractivity (Wildman–Crippen MR) is 94.9 cm³/mol. The van der Waals surface area contributed by atoms with Crippen molar-refractivity contribution in [2.45, 2.75) is 32.4 Å². The fourth-order valence-corrected chi connectivity index (χ4v) is 6.11. The fraction of sp³-hybridized carbons (Fsp3) is 1.00. The smallest absolute Gasteiger partial charge is 0.324 e. The highest BCUT2D eigenvalue weighted by Crippen LogP contribution is 2.44. The van der Waals surface area contributed by atoms with Crippen molar-refractivity contribution in [3.63, 3.8) is 0 Å². The van der Waals surface area contributed by atoms with E-state index >= 15 is 0 Å². The molecule has 0 aromatic heterocycles. The van der Waals surface area contributed by atoms with Crippen molar-refractivity contribution < 1.29 is 57.4 Å². The molecular formula is C9H26N2O12P4. The Balaban J connectivity index is 5.40. The predicted octanol–water partition coefficient (Wildman–Crippen LogP) is -0.702. The van der Waals surface area contributed by atoms with Crippen LogP contribution in [0.1, 0.15) is 20.3 Å². The van der Waals surface area contributed by atoms with Crippen LogP contribution in [-0.4, -0.2) is 86.2 Å². The van der Waals surface area contributed by atoms with E-state index in [9.17, 15) is 18.3 Å². The molecule has 8 N–H and O–H groups in total. The summed E-state index contributed by atoms with van der Waals surface area (Å²) in [6.07, 6.45) is -4.02. The van der Waals surface area contributed by atoms with Crippen LogP contribution in [0.25, 0.3) is 0 Å².